The van der Waals surface area contributed by atoms with Gasteiger partial charge in [0.25, 0.3) is 5.91 Å². The van der Waals surface area contributed by atoms with Crippen LogP contribution in [0.1, 0.15) is 31.7 Å². The van der Waals surface area contributed by atoms with Crippen LogP contribution in [0.15, 0.2) is 30.9 Å². The third kappa shape index (κ3) is 3.95. The standard InChI is InChI=1S/C24H35N3O5Si/c1-5-12-27-19-9-8-16(26-22(29)18-7-6-11-25-18)14-17(19)24(23(27)30)15(2)21(33(3,4)31)20(32-24)10-13-28/h5,8-9,14-15,18,20-21,25,28,31H,1,6-7,10-13H2,2-4H3,(H,26,29)/t15-,18+,20+,21-,24+/m0/s1. The molecule has 33 heavy (non-hydrogen) atoms. The molecule has 2 fully saturated rings. The van der Waals surface area contributed by atoms with Crippen molar-refractivity contribution in [2.75, 3.05) is 29.9 Å². The van der Waals surface area contributed by atoms with Crippen molar-refractivity contribution in [3.05, 3.63) is 36.4 Å². The lowest BCUT2D eigenvalue weighted by atomic mass is 9.82. The third-order valence-electron chi connectivity index (χ3n) is 7.35. The molecule has 1 aromatic rings. The van der Waals surface area contributed by atoms with E-state index in [1.165, 1.54) is 0 Å². The summed E-state index contributed by atoms with van der Waals surface area (Å²) in [6.07, 6.45) is 3.36. The smallest absolute Gasteiger partial charge is 0.264 e. The molecule has 0 aliphatic carbocycles. The Labute approximate surface area is 196 Å². The molecule has 3 aliphatic heterocycles. The fraction of sp³-hybridized carbons (Fsp3) is 0.583. The number of rotatable bonds is 7. The first kappa shape index (κ1) is 24.1. The minimum absolute atomic E-state index is 0.0870. The number of hydrogen-bond acceptors (Lipinski definition) is 6. The maximum atomic E-state index is 13.9. The van der Waals surface area contributed by atoms with Gasteiger partial charge in [-0.25, -0.2) is 0 Å². The zero-order valence-corrected chi connectivity index (χ0v) is 20.6. The highest BCUT2D eigenvalue weighted by Crippen LogP contribution is 2.59. The maximum absolute atomic E-state index is 13.9. The van der Waals surface area contributed by atoms with Crippen LogP contribution in [0.5, 0.6) is 0 Å². The zero-order valence-electron chi connectivity index (χ0n) is 19.6. The van der Waals surface area contributed by atoms with Gasteiger partial charge in [-0.15, -0.1) is 6.58 Å². The van der Waals surface area contributed by atoms with Crippen molar-refractivity contribution >= 4 is 31.5 Å². The number of anilines is 2. The highest BCUT2D eigenvalue weighted by molar-refractivity contribution is 6.71. The summed E-state index contributed by atoms with van der Waals surface area (Å²) in [6, 6.07) is 5.27. The molecule has 3 heterocycles. The number of nitrogens with zero attached hydrogens (tertiary/aromatic N) is 1. The maximum Gasteiger partial charge on any atom is 0.264 e. The lowest BCUT2D eigenvalue weighted by molar-refractivity contribution is -0.146. The second-order valence-electron chi connectivity index (χ2n) is 9.95. The number of fused-ring (bicyclic) bond motifs is 2. The Morgan fingerprint density at radius 3 is 2.82 bits per heavy atom. The number of benzene rings is 1. The summed E-state index contributed by atoms with van der Waals surface area (Å²) < 4.78 is 6.54. The summed E-state index contributed by atoms with van der Waals surface area (Å²) in [5.74, 6) is -0.576. The fourth-order valence-electron chi connectivity index (χ4n) is 6.00. The van der Waals surface area contributed by atoms with Crippen molar-refractivity contribution in [1.82, 2.24) is 5.32 Å². The van der Waals surface area contributed by atoms with Gasteiger partial charge in [0.1, 0.15) is 0 Å². The molecule has 5 atom stereocenters. The number of aliphatic hydroxyl groups excluding tert-OH is 1. The van der Waals surface area contributed by atoms with Crippen molar-refractivity contribution in [2.45, 2.75) is 62.6 Å². The van der Waals surface area contributed by atoms with E-state index >= 15 is 0 Å². The zero-order chi connectivity index (χ0) is 24.0. The highest BCUT2D eigenvalue weighted by Gasteiger charge is 2.66. The molecule has 1 aromatic carbocycles. The molecule has 2 saturated heterocycles. The molecule has 4 rings (SSSR count). The van der Waals surface area contributed by atoms with Crippen LogP contribution in [-0.2, 0) is 19.9 Å². The summed E-state index contributed by atoms with van der Waals surface area (Å²) >= 11 is 0. The number of amides is 2. The molecule has 0 unspecified atom stereocenters. The first-order chi connectivity index (χ1) is 15.6. The highest BCUT2D eigenvalue weighted by atomic mass is 28.4. The Balaban J connectivity index is 1.77. The van der Waals surface area contributed by atoms with Gasteiger partial charge in [0, 0.05) is 35.9 Å². The van der Waals surface area contributed by atoms with Crippen molar-refractivity contribution in [3.8, 4) is 0 Å². The predicted octanol–water partition coefficient (Wildman–Crippen LogP) is 2.09. The van der Waals surface area contributed by atoms with E-state index in [9.17, 15) is 19.5 Å². The van der Waals surface area contributed by atoms with Crippen LogP contribution in [0.3, 0.4) is 0 Å². The number of carbonyl (C=O) groups excluding carboxylic acids is 2. The summed E-state index contributed by atoms with van der Waals surface area (Å²) in [5, 5.41) is 15.9. The molecule has 180 valence electrons. The molecule has 2 amide bonds. The molecule has 1 spiro atoms. The van der Waals surface area contributed by atoms with E-state index in [0.717, 1.165) is 25.1 Å². The second kappa shape index (κ2) is 8.96. The molecular formula is C24H35N3O5Si. The van der Waals surface area contributed by atoms with Crippen molar-refractivity contribution in [2.24, 2.45) is 5.92 Å². The van der Waals surface area contributed by atoms with Crippen LogP contribution >= 0.6 is 0 Å². The lowest BCUT2D eigenvalue weighted by Crippen LogP contribution is -2.46. The van der Waals surface area contributed by atoms with Gasteiger partial charge < -0.3 is 30.2 Å². The lowest BCUT2D eigenvalue weighted by Gasteiger charge is -2.32. The Morgan fingerprint density at radius 1 is 1.45 bits per heavy atom. The summed E-state index contributed by atoms with van der Waals surface area (Å²) in [5.41, 5.74) is 0.527. The predicted molar refractivity (Wildman–Crippen MR) is 130 cm³/mol. The van der Waals surface area contributed by atoms with Crippen molar-refractivity contribution < 1.29 is 24.2 Å². The quantitative estimate of drug-likeness (QED) is 0.357. The topological polar surface area (TPSA) is 111 Å². The van der Waals surface area contributed by atoms with Crippen LogP contribution in [0.4, 0.5) is 11.4 Å². The second-order valence-corrected chi connectivity index (χ2v) is 13.9. The third-order valence-corrected chi connectivity index (χ3v) is 9.86. The van der Waals surface area contributed by atoms with Crippen molar-refractivity contribution in [1.29, 1.82) is 0 Å². The molecule has 0 radical (unpaired) electrons. The van der Waals surface area contributed by atoms with Gasteiger partial charge in [-0.3, -0.25) is 9.59 Å². The molecule has 0 saturated carbocycles. The first-order valence-corrected chi connectivity index (χ1v) is 14.8. The van der Waals surface area contributed by atoms with E-state index in [0.29, 0.717) is 24.2 Å². The normalized spacial score (nSPS) is 31.3. The molecule has 8 nitrogen and oxygen atoms in total. The van der Waals surface area contributed by atoms with Crippen LogP contribution in [-0.4, -0.2) is 61.9 Å². The summed E-state index contributed by atoms with van der Waals surface area (Å²) in [6.45, 7) is 10.5. The molecular weight excluding hydrogens is 438 g/mol. The number of aliphatic hydroxyl groups is 1. The van der Waals surface area contributed by atoms with E-state index in [1.807, 2.05) is 32.2 Å². The van der Waals surface area contributed by atoms with Gasteiger partial charge in [-0.2, -0.15) is 0 Å². The Bertz CT molecular complexity index is 943. The van der Waals surface area contributed by atoms with Gasteiger partial charge in [0.15, 0.2) is 13.9 Å². The summed E-state index contributed by atoms with van der Waals surface area (Å²) in [7, 11) is -2.74. The van der Waals surface area contributed by atoms with E-state index in [4.69, 9.17) is 4.74 Å². The SMILES string of the molecule is C=CCN1C(=O)[C@]2(O[C@H](CCO)[C@@H]([Si](C)(C)O)[C@@H]2C)c2cc(NC(=O)[C@H]3CCCN3)ccc21. The van der Waals surface area contributed by atoms with Crippen molar-refractivity contribution in [3.63, 3.8) is 0 Å². The van der Waals surface area contributed by atoms with Crippen LogP contribution in [0, 0.1) is 5.92 Å². The molecule has 9 heteroatoms. The van der Waals surface area contributed by atoms with Gasteiger partial charge in [0.2, 0.25) is 5.91 Å². The largest absolute Gasteiger partial charge is 0.432 e. The van der Waals surface area contributed by atoms with Gasteiger partial charge in [-0.1, -0.05) is 13.0 Å². The Morgan fingerprint density at radius 2 is 2.21 bits per heavy atom. The van der Waals surface area contributed by atoms with Crippen LogP contribution < -0.4 is 15.5 Å². The first-order valence-electron chi connectivity index (χ1n) is 11.8. The van der Waals surface area contributed by atoms with E-state index in [1.54, 1.807) is 17.0 Å². The molecule has 3 aliphatic rings. The molecule has 0 aromatic heterocycles. The van der Waals surface area contributed by atoms with E-state index in [2.05, 4.69) is 17.2 Å². The summed E-state index contributed by atoms with van der Waals surface area (Å²) in [4.78, 5) is 39.3. The number of carbonyl (C=O) groups is 2. The van der Waals surface area contributed by atoms with Gasteiger partial charge in [0.05, 0.1) is 17.8 Å². The molecule has 4 N–H and O–H groups in total. The minimum atomic E-state index is -2.74. The average molecular weight is 474 g/mol. The number of nitrogens with one attached hydrogen (secondary N) is 2. The van der Waals surface area contributed by atoms with E-state index < -0.39 is 20.0 Å². The Kier molecular flexibility index (Phi) is 6.54. The average Bonchev–Trinajstić information content (AvgIpc) is 3.43. The Hall–Kier alpha value is -2.04. The minimum Gasteiger partial charge on any atom is -0.432 e. The van der Waals surface area contributed by atoms with E-state index in [-0.39, 0.29) is 35.9 Å². The number of ether oxygens (including phenoxy) is 1. The van der Waals surface area contributed by atoms with Crippen LogP contribution in [0.2, 0.25) is 18.6 Å². The molecule has 0 bridgehead atoms. The number of hydrogen-bond donors (Lipinski definition) is 4. The van der Waals surface area contributed by atoms with Gasteiger partial charge in [-0.05, 0) is 57.1 Å². The van der Waals surface area contributed by atoms with Crippen LogP contribution in [0.25, 0.3) is 0 Å². The van der Waals surface area contributed by atoms with Gasteiger partial charge >= 0.3 is 0 Å². The monoisotopic (exact) mass is 473 g/mol. The fourth-order valence-corrected chi connectivity index (χ4v) is 8.60.